The lowest BCUT2D eigenvalue weighted by Gasteiger charge is -2.32. The van der Waals surface area contributed by atoms with E-state index in [1.54, 1.807) is 17.0 Å². The fraction of sp³-hybridized carbons (Fsp3) is 0.409. The van der Waals surface area contributed by atoms with Crippen molar-refractivity contribution in [1.29, 1.82) is 0 Å². The zero-order valence-corrected chi connectivity index (χ0v) is 17.7. The molecule has 2 aromatic heterocycles. The summed E-state index contributed by atoms with van der Waals surface area (Å²) in [6.07, 6.45) is -1.30. The largest absolute Gasteiger partial charge is 0.375 e. The average molecular weight is 447 g/mol. The highest BCUT2D eigenvalue weighted by atomic mass is 19.3. The number of nitrogens with zero attached hydrogens (tertiary/aromatic N) is 4. The fourth-order valence-corrected chi connectivity index (χ4v) is 3.90. The predicted molar refractivity (Wildman–Crippen MR) is 115 cm³/mol. The Morgan fingerprint density at radius 3 is 2.59 bits per heavy atom. The third kappa shape index (κ3) is 5.01. The van der Waals surface area contributed by atoms with E-state index in [0.29, 0.717) is 25.5 Å². The van der Waals surface area contributed by atoms with Crippen molar-refractivity contribution in [3.8, 4) is 0 Å². The highest BCUT2D eigenvalue weighted by Gasteiger charge is 2.24. The molecule has 0 radical (unpaired) electrons. The van der Waals surface area contributed by atoms with Crippen molar-refractivity contribution in [2.75, 3.05) is 47.9 Å². The maximum absolute atomic E-state index is 13.9. The van der Waals surface area contributed by atoms with Gasteiger partial charge < -0.3 is 19.9 Å². The summed E-state index contributed by atoms with van der Waals surface area (Å²) in [5.74, 6) is -0.0233. The Kier molecular flexibility index (Phi) is 6.59. The molecule has 2 aliphatic rings. The van der Waals surface area contributed by atoms with E-state index in [9.17, 15) is 18.0 Å². The molecule has 0 unspecified atom stereocenters. The highest BCUT2D eigenvalue weighted by Crippen LogP contribution is 2.28. The summed E-state index contributed by atoms with van der Waals surface area (Å²) in [6.45, 7) is 4.44. The number of piperidine rings is 1. The molecule has 2 aromatic rings. The summed E-state index contributed by atoms with van der Waals surface area (Å²) in [5, 5.41) is 2.75. The molecule has 0 aromatic carbocycles. The zero-order valence-electron chi connectivity index (χ0n) is 17.7. The van der Waals surface area contributed by atoms with Gasteiger partial charge >= 0.3 is 0 Å². The number of hydrogen-bond donors (Lipinski definition) is 1. The van der Waals surface area contributed by atoms with Crippen molar-refractivity contribution in [2.45, 2.75) is 25.9 Å². The zero-order chi connectivity index (χ0) is 22.7. The van der Waals surface area contributed by atoms with Gasteiger partial charge in [-0.3, -0.25) is 4.79 Å². The number of carbonyl (C=O) groups is 1. The van der Waals surface area contributed by atoms with Crippen LogP contribution in [0.5, 0.6) is 0 Å². The summed E-state index contributed by atoms with van der Waals surface area (Å²) in [5.41, 5.74) is 0.244. The van der Waals surface area contributed by atoms with Crippen LogP contribution in [-0.2, 0) is 4.74 Å². The molecule has 32 heavy (non-hydrogen) atoms. The van der Waals surface area contributed by atoms with Crippen molar-refractivity contribution in [3.63, 3.8) is 0 Å². The molecule has 2 fully saturated rings. The molecule has 1 atom stereocenters. The lowest BCUT2D eigenvalue weighted by molar-refractivity contribution is 0.0529. The number of carbonyl (C=O) groups excluding carboxylic acids is 1. The minimum atomic E-state index is -1.67. The first-order chi connectivity index (χ1) is 15.4. The Balaban J connectivity index is 1.52. The van der Waals surface area contributed by atoms with Crippen LogP contribution in [0.25, 0.3) is 0 Å². The predicted octanol–water partition coefficient (Wildman–Crippen LogP) is 3.84. The van der Waals surface area contributed by atoms with Crippen LogP contribution in [0.2, 0.25) is 0 Å². The Labute approximate surface area is 183 Å². The second-order valence-electron chi connectivity index (χ2n) is 7.82. The van der Waals surface area contributed by atoms with Crippen molar-refractivity contribution >= 4 is 23.4 Å². The van der Waals surface area contributed by atoms with E-state index in [4.69, 9.17) is 4.74 Å². The van der Waals surface area contributed by atoms with Crippen molar-refractivity contribution in [1.82, 2.24) is 9.97 Å². The molecule has 0 spiro atoms. The Bertz CT molecular complexity index is 1020. The number of morpholine rings is 1. The molecular formula is C22H24F3N5O2. The van der Waals surface area contributed by atoms with E-state index >= 15 is 0 Å². The van der Waals surface area contributed by atoms with E-state index in [-0.39, 0.29) is 49.0 Å². The molecule has 4 heterocycles. The standard InChI is InChI=1S/C22H24F3N5O2/c1-14-13-30(11-12-32-14)19-4-2-3-18(27-19)28-22(31)16-5-6-17(23)26-21(16)29-9-7-15(8-10-29)20(24)25/h2-6,14H,7-13H2,1H3,(H,27,28,31)/t14-/m1/s1. The first-order valence-electron chi connectivity index (χ1n) is 10.5. The smallest absolute Gasteiger partial charge is 0.269 e. The Morgan fingerprint density at radius 1 is 1.09 bits per heavy atom. The third-order valence-corrected chi connectivity index (χ3v) is 5.56. The van der Waals surface area contributed by atoms with Crippen LogP contribution in [0.3, 0.4) is 0 Å². The summed E-state index contributed by atoms with van der Waals surface area (Å²) in [7, 11) is 0. The molecule has 170 valence electrons. The van der Waals surface area contributed by atoms with Crippen LogP contribution in [-0.4, -0.2) is 54.8 Å². The SMILES string of the molecule is C[C@@H]1CN(c2cccc(NC(=O)c3ccc(F)nc3N3CCC(=C(F)F)CC3)n2)CCO1. The van der Waals surface area contributed by atoms with Gasteiger partial charge in [-0.1, -0.05) is 6.07 Å². The molecular weight excluding hydrogens is 423 g/mol. The van der Waals surface area contributed by atoms with Crippen LogP contribution >= 0.6 is 0 Å². The van der Waals surface area contributed by atoms with Gasteiger partial charge in [0.2, 0.25) is 5.95 Å². The van der Waals surface area contributed by atoms with Gasteiger partial charge in [-0.2, -0.15) is 13.2 Å². The average Bonchev–Trinajstić information content (AvgIpc) is 2.79. The topological polar surface area (TPSA) is 70.6 Å². The molecule has 7 nitrogen and oxygen atoms in total. The molecule has 10 heteroatoms. The minimum Gasteiger partial charge on any atom is -0.375 e. The molecule has 0 bridgehead atoms. The maximum atomic E-state index is 13.9. The van der Waals surface area contributed by atoms with Gasteiger partial charge in [-0.25, -0.2) is 9.97 Å². The number of aromatic nitrogens is 2. The summed E-state index contributed by atoms with van der Waals surface area (Å²) < 4.78 is 45.1. The van der Waals surface area contributed by atoms with Crippen molar-refractivity contribution < 1.29 is 22.7 Å². The van der Waals surface area contributed by atoms with E-state index in [0.717, 1.165) is 11.9 Å². The quantitative estimate of drug-likeness (QED) is 0.719. The van der Waals surface area contributed by atoms with Gasteiger partial charge in [0.25, 0.3) is 12.0 Å². The van der Waals surface area contributed by atoms with Crippen LogP contribution < -0.4 is 15.1 Å². The summed E-state index contributed by atoms with van der Waals surface area (Å²) >= 11 is 0. The third-order valence-electron chi connectivity index (χ3n) is 5.56. The monoisotopic (exact) mass is 447 g/mol. The number of nitrogens with one attached hydrogen (secondary N) is 1. The van der Waals surface area contributed by atoms with Crippen LogP contribution in [0.4, 0.5) is 30.6 Å². The molecule has 0 aliphatic carbocycles. The molecule has 1 N–H and O–H groups in total. The van der Waals surface area contributed by atoms with E-state index in [1.165, 1.54) is 6.07 Å². The fourth-order valence-electron chi connectivity index (χ4n) is 3.90. The van der Waals surface area contributed by atoms with Crippen LogP contribution in [0.1, 0.15) is 30.1 Å². The number of rotatable bonds is 4. The maximum Gasteiger partial charge on any atom is 0.269 e. The van der Waals surface area contributed by atoms with E-state index in [1.807, 2.05) is 13.0 Å². The summed E-state index contributed by atoms with van der Waals surface area (Å²) in [4.78, 5) is 25.1. The van der Waals surface area contributed by atoms with E-state index < -0.39 is 17.9 Å². The number of hydrogen-bond acceptors (Lipinski definition) is 6. The van der Waals surface area contributed by atoms with Crippen LogP contribution in [0.15, 0.2) is 42.0 Å². The highest BCUT2D eigenvalue weighted by molar-refractivity contribution is 6.07. The van der Waals surface area contributed by atoms with Gasteiger partial charge in [0, 0.05) is 26.2 Å². The van der Waals surface area contributed by atoms with Gasteiger partial charge in [0.05, 0.1) is 18.3 Å². The molecule has 1 amide bonds. The molecule has 0 saturated carbocycles. The van der Waals surface area contributed by atoms with Crippen molar-refractivity contribution in [2.24, 2.45) is 0 Å². The minimum absolute atomic E-state index is 0.0853. The second-order valence-corrected chi connectivity index (χ2v) is 7.82. The van der Waals surface area contributed by atoms with Crippen LogP contribution in [0, 0.1) is 5.95 Å². The second kappa shape index (κ2) is 9.56. The lowest BCUT2D eigenvalue weighted by atomic mass is 10.0. The lowest BCUT2D eigenvalue weighted by Crippen LogP contribution is -2.41. The van der Waals surface area contributed by atoms with Crippen molar-refractivity contribution in [3.05, 3.63) is 53.5 Å². The number of ether oxygens (including phenoxy) is 1. The molecule has 2 aliphatic heterocycles. The van der Waals surface area contributed by atoms with E-state index in [2.05, 4.69) is 20.2 Å². The molecule has 2 saturated heterocycles. The Hall–Kier alpha value is -3.14. The number of anilines is 3. The van der Waals surface area contributed by atoms with Gasteiger partial charge in [-0.05, 0) is 49.6 Å². The molecule has 4 rings (SSSR count). The number of halogens is 3. The number of amides is 1. The first-order valence-corrected chi connectivity index (χ1v) is 10.5. The normalized spacial score (nSPS) is 19.1. The van der Waals surface area contributed by atoms with Gasteiger partial charge in [-0.15, -0.1) is 0 Å². The number of pyridine rings is 2. The Morgan fingerprint density at radius 2 is 1.88 bits per heavy atom. The van der Waals surface area contributed by atoms with Gasteiger partial charge in [0.1, 0.15) is 17.5 Å². The summed E-state index contributed by atoms with van der Waals surface area (Å²) in [6, 6.07) is 7.78. The first kappa shape index (κ1) is 22.1. The van der Waals surface area contributed by atoms with Gasteiger partial charge in [0.15, 0.2) is 0 Å².